The average Bonchev–Trinajstić information content (AvgIpc) is 3.03. The van der Waals surface area contributed by atoms with E-state index in [2.05, 4.69) is 16.2 Å². The topological polar surface area (TPSA) is 71.6 Å². The van der Waals surface area contributed by atoms with Crippen molar-refractivity contribution in [2.45, 2.75) is 18.9 Å². The molecule has 2 rings (SSSR count). The van der Waals surface area contributed by atoms with Gasteiger partial charge in [0.15, 0.2) is 23.3 Å². The molecule has 0 saturated carbocycles. The summed E-state index contributed by atoms with van der Waals surface area (Å²) in [5.74, 6) is -0.960. The number of hydrazine groups is 1. The number of ether oxygens (including phenoxy) is 2. The van der Waals surface area contributed by atoms with Crippen LogP contribution in [-0.4, -0.2) is 36.9 Å². The molecule has 3 N–H and O–H groups in total. The molecule has 0 unspecified atom stereocenters. The maximum atomic E-state index is 13.3. The third-order valence-corrected chi connectivity index (χ3v) is 3.27. The molecule has 6 nitrogen and oxygen atoms in total. The summed E-state index contributed by atoms with van der Waals surface area (Å²) in [5.41, 5.74) is 4.92. The van der Waals surface area contributed by atoms with Crippen molar-refractivity contribution in [3.63, 3.8) is 0 Å². The minimum Gasteiger partial charge on any atom is -0.481 e. The quantitative estimate of drug-likeness (QED) is 0.551. The van der Waals surface area contributed by atoms with Crippen molar-refractivity contribution in [1.29, 1.82) is 0 Å². The van der Waals surface area contributed by atoms with Crippen LogP contribution in [0.25, 0.3) is 0 Å². The highest BCUT2D eigenvalue weighted by atomic mass is 32.1. The fourth-order valence-electron chi connectivity index (χ4n) is 1.92. The molecule has 0 bridgehead atoms. The monoisotopic (exact) mass is 327 g/mol. The van der Waals surface area contributed by atoms with Gasteiger partial charge in [0.2, 0.25) is 0 Å². The molecule has 1 saturated heterocycles. The number of carbonyl (C=O) groups is 1. The first kappa shape index (κ1) is 16.4. The Hall–Kier alpha value is -1.93. The van der Waals surface area contributed by atoms with Crippen molar-refractivity contribution in [1.82, 2.24) is 16.2 Å². The van der Waals surface area contributed by atoms with Crippen LogP contribution >= 0.6 is 12.2 Å². The van der Waals surface area contributed by atoms with Crippen LogP contribution in [0.1, 0.15) is 12.8 Å². The summed E-state index contributed by atoms with van der Waals surface area (Å²) >= 11 is 5.01. The van der Waals surface area contributed by atoms with Gasteiger partial charge in [0.25, 0.3) is 5.91 Å². The lowest BCUT2D eigenvalue weighted by atomic mass is 10.2. The Balaban J connectivity index is 1.60. The standard InChI is InChI=1S/C14H18FN3O3S/c15-11-5-1-2-6-12(11)21-9-13(19)17-18-14(22)16-8-10-4-3-7-20-10/h1-2,5-6,10H,3-4,7-9H2,(H,17,19)(H2,16,18,22)/t10-/m1/s1. The van der Waals surface area contributed by atoms with E-state index in [9.17, 15) is 9.18 Å². The van der Waals surface area contributed by atoms with Gasteiger partial charge in [-0.05, 0) is 37.2 Å². The van der Waals surface area contributed by atoms with Crippen molar-refractivity contribution in [3.05, 3.63) is 30.1 Å². The van der Waals surface area contributed by atoms with Gasteiger partial charge < -0.3 is 14.8 Å². The number of carbonyl (C=O) groups excluding carboxylic acids is 1. The van der Waals surface area contributed by atoms with E-state index in [1.807, 2.05) is 0 Å². The Kier molecular flexibility index (Phi) is 6.35. The van der Waals surface area contributed by atoms with Crippen LogP contribution in [0.3, 0.4) is 0 Å². The minimum absolute atomic E-state index is 0.0248. The Labute approximate surface area is 133 Å². The molecule has 0 aliphatic carbocycles. The van der Waals surface area contributed by atoms with Gasteiger partial charge in [0.1, 0.15) is 0 Å². The summed E-state index contributed by atoms with van der Waals surface area (Å²) in [6.45, 7) is 1.05. The molecule has 0 radical (unpaired) electrons. The van der Waals surface area contributed by atoms with Gasteiger partial charge in [-0.25, -0.2) is 4.39 Å². The minimum atomic E-state index is -0.517. The molecule has 1 amide bonds. The van der Waals surface area contributed by atoms with Gasteiger partial charge in [0.05, 0.1) is 6.10 Å². The molecule has 0 spiro atoms. The first-order valence-electron chi connectivity index (χ1n) is 6.97. The van der Waals surface area contributed by atoms with Crippen molar-refractivity contribution in [2.75, 3.05) is 19.8 Å². The largest absolute Gasteiger partial charge is 0.481 e. The third kappa shape index (κ3) is 5.45. The van der Waals surface area contributed by atoms with E-state index in [1.54, 1.807) is 12.1 Å². The van der Waals surface area contributed by atoms with Gasteiger partial charge in [-0.1, -0.05) is 12.1 Å². The molecule has 1 atom stereocenters. The van der Waals surface area contributed by atoms with E-state index in [1.165, 1.54) is 12.1 Å². The van der Waals surface area contributed by atoms with E-state index >= 15 is 0 Å². The van der Waals surface area contributed by atoms with Crippen LogP contribution in [0.2, 0.25) is 0 Å². The number of hydrogen-bond donors (Lipinski definition) is 3. The maximum Gasteiger partial charge on any atom is 0.276 e. The second kappa shape index (κ2) is 8.50. The van der Waals surface area contributed by atoms with Crippen molar-refractivity contribution >= 4 is 23.2 Å². The van der Waals surface area contributed by atoms with Crippen molar-refractivity contribution in [3.8, 4) is 5.75 Å². The number of para-hydroxylation sites is 1. The molecule has 1 aromatic carbocycles. The van der Waals surface area contributed by atoms with Gasteiger partial charge in [-0.15, -0.1) is 0 Å². The van der Waals surface area contributed by atoms with E-state index in [4.69, 9.17) is 21.7 Å². The molecule has 120 valence electrons. The van der Waals surface area contributed by atoms with Crippen LogP contribution in [0.4, 0.5) is 4.39 Å². The molecule has 1 aliphatic rings. The molecule has 1 aliphatic heterocycles. The maximum absolute atomic E-state index is 13.3. The van der Waals surface area contributed by atoms with Crippen LogP contribution in [0.5, 0.6) is 5.75 Å². The predicted octanol–water partition coefficient (Wildman–Crippen LogP) is 0.879. The SMILES string of the molecule is O=C(COc1ccccc1F)NNC(=S)NC[C@H]1CCCO1. The van der Waals surface area contributed by atoms with Gasteiger partial charge >= 0.3 is 0 Å². The predicted molar refractivity (Wildman–Crippen MR) is 82.7 cm³/mol. The summed E-state index contributed by atoms with van der Waals surface area (Å²) in [4.78, 5) is 11.6. The number of hydrogen-bond acceptors (Lipinski definition) is 4. The van der Waals surface area contributed by atoms with E-state index in [-0.39, 0.29) is 23.6 Å². The number of thiocarbonyl (C=S) groups is 1. The number of halogens is 1. The summed E-state index contributed by atoms with van der Waals surface area (Å²) in [6.07, 6.45) is 2.20. The second-order valence-electron chi connectivity index (χ2n) is 4.74. The summed E-state index contributed by atoms with van der Waals surface area (Å²) < 4.78 is 23.8. The van der Waals surface area contributed by atoms with Crippen LogP contribution < -0.4 is 20.9 Å². The Morgan fingerprint density at radius 2 is 2.23 bits per heavy atom. The molecule has 1 aromatic rings. The highest BCUT2D eigenvalue weighted by Crippen LogP contribution is 2.14. The van der Waals surface area contributed by atoms with Crippen LogP contribution in [0, 0.1) is 5.82 Å². The number of nitrogens with one attached hydrogen (secondary N) is 3. The van der Waals surface area contributed by atoms with Crippen molar-refractivity contribution < 1.29 is 18.7 Å². The third-order valence-electron chi connectivity index (χ3n) is 3.03. The lowest BCUT2D eigenvalue weighted by Crippen LogP contribution is -2.49. The zero-order valence-corrected chi connectivity index (χ0v) is 12.7. The molecule has 8 heteroatoms. The molecule has 1 fully saturated rings. The first-order valence-corrected chi connectivity index (χ1v) is 7.37. The molecular weight excluding hydrogens is 309 g/mol. The number of benzene rings is 1. The van der Waals surface area contributed by atoms with E-state index < -0.39 is 11.7 Å². The second-order valence-corrected chi connectivity index (χ2v) is 5.15. The zero-order chi connectivity index (χ0) is 15.8. The first-order chi connectivity index (χ1) is 10.6. The molecule has 0 aromatic heterocycles. The average molecular weight is 327 g/mol. The number of rotatable bonds is 5. The Bertz CT molecular complexity index is 524. The highest BCUT2D eigenvalue weighted by Gasteiger charge is 2.15. The normalized spacial score (nSPS) is 16.9. The van der Waals surface area contributed by atoms with Crippen LogP contribution in [-0.2, 0) is 9.53 Å². The molecular formula is C14H18FN3O3S. The van der Waals surface area contributed by atoms with E-state index in [0.717, 1.165) is 19.4 Å². The smallest absolute Gasteiger partial charge is 0.276 e. The van der Waals surface area contributed by atoms with Gasteiger partial charge in [-0.2, -0.15) is 0 Å². The Morgan fingerprint density at radius 1 is 1.41 bits per heavy atom. The summed E-state index contributed by atoms with van der Waals surface area (Å²) in [6, 6.07) is 5.88. The van der Waals surface area contributed by atoms with Gasteiger partial charge in [0, 0.05) is 13.2 Å². The zero-order valence-electron chi connectivity index (χ0n) is 11.9. The Morgan fingerprint density at radius 3 is 2.95 bits per heavy atom. The molecule has 22 heavy (non-hydrogen) atoms. The van der Waals surface area contributed by atoms with Crippen molar-refractivity contribution in [2.24, 2.45) is 0 Å². The number of amides is 1. The molecule has 1 heterocycles. The fraction of sp³-hybridized carbons (Fsp3) is 0.429. The van der Waals surface area contributed by atoms with Crippen LogP contribution in [0.15, 0.2) is 24.3 Å². The highest BCUT2D eigenvalue weighted by molar-refractivity contribution is 7.80. The lowest BCUT2D eigenvalue weighted by Gasteiger charge is -2.14. The van der Waals surface area contributed by atoms with E-state index in [0.29, 0.717) is 6.54 Å². The van der Waals surface area contributed by atoms with Gasteiger partial charge in [-0.3, -0.25) is 15.6 Å². The lowest BCUT2D eigenvalue weighted by molar-refractivity contribution is -0.123. The summed E-state index contributed by atoms with van der Waals surface area (Å²) in [5, 5.41) is 3.23. The fourth-order valence-corrected chi connectivity index (χ4v) is 2.06. The summed E-state index contributed by atoms with van der Waals surface area (Å²) in [7, 11) is 0.